The summed E-state index contributed by atoms with van der Waals surface area (Å²) in [5.41, 5.74) is 1.53. The van der Waals surface area contributed by atoms with Gasteiger partial charge in [0.25, 0.3) is 0 Å². The van der Waals surface area contributed by atoms with Crippen LogP contribution < -0.4 is 5.32 Å². The molecular weight excluding hydrogens is 287 g/mol. The van der Waals surface area contributed by atoms with E-state index in [0.29, 0.717) is 16.6 Å². The third kappa shape index (κ3) is 3.41. The normalized spacial score (nSPS) is 14.6. The lowest BCUT2D eigenvalue weighted by atomic mass is 10.2. The third-order valence-corrected chi connectivity index (χ3v) is 4.71. The Balaban J connectivity index is 1.88. The van der Waals surface area contributed by atoms with Crippen LogP contribution in [0.15, 0.2) is 18.2 Å². The molecule has 0 bridgehead atoms. The Morgan fingerprint density at radius 1 is 1.43 bits per heavy atom. The van der Waals surface area contributed by atoms with Crippen molar-refractivity contribution in [2.24, 2.45) is 0 Å². The lowest BCUT2D eigenvalue weighted by molar-refractivity contribution is 0.469. The van der Waals surface area contributed by atoms with E-state index < -0.39 is 5.82 Å². The number of hydrogen-bond acceptors (Lipinski definition) is 4. The van der Waals surface area contributed by atoms with Crippen LogP contribution >= 0.6 is 11.3 Å². The highest BCUT2D eigenvalue weighted by atomic mass is 32.1. The molecule has 2 N–H and O–H groups in total. The highest BCUT2D eigenvalue weighted by molar-refractivity contribution is 7.15. The van der Waals surface area contributed by atoms with Crippen LogP contribution in [0, 0.1) is 5.82 Å². The molecule has 1 aromatic carbocycles. The van der Waals surface area contributed by atoms with Crippen molar-refractivity contribution in [1.29, 1.82) is 0 Å². The van der Waals surface area contributed by atoms with Gasteiger partial charge in [-0.25, -0.2) is 9.37 Å². The fourth-order valence-corrected chi connectivity index (χ4v) is 3.36. The quantitative estimate of drug-likeness (QED) is 0.852. The second kappa shape index (κ2) is 6.12. The second-order valence-electron chi connectivity index (χ2n) is 5.46. The molecule has 1 aliphatic rings. The first-order valence-corrected chi connectivity index (χ1v) is 8.20. The van der Waals surface area contributed by atoms with Crippen molar-refractivity contribution in [2.45, 2.75) is 45.2 Å². The van der Waals surface area contributed by atoms with Crippen molar-refractivity contribution in [2.75, 3.05) is 0 Å². The maximum atomic E-state index is 14.0. The van der Waals surface area contributed by atoms with Crippen molar-refractivity contribution in [3.63, 3.8) is 0 Å². The van der Waals surface area contributed by atoms with E-state index in [1.165, 1.54) is 23.8 Å². The molecule has 0 radical (unpaired) electrons. The van der Waals surface area contributed by atoms with Gasteiger partial charge in [0.05, 0.1) is 5.69 Å². The predicted octanol–water partition coefficient (Wildman–Crippen LogP) is 3.86. The van der Waals surface area contributed by atoms with Crippen molar-refractivity contribution >= 4 is 11.3 Å². The van der Waals surface area contributed by atoms with E-state index in [-0.39, 0.29) is 5.75 Å². The predicted molar refractivity (Wildman–Crippen MR) is 83.0 cm³/mol. The van der Waals surface area contributed by atoms with E-state index in [9.17, 15) is 9.50 Å². The number of aromatic nitrogens is 1. The molecule has 1 aromatic heterocycles. The lowest BCUT2D eigenvalue weighted by Crippen LogP contribution is -2.15. The Labute approximate surface area is 127 Å². The first-order valence-electron chi connectivity index (χ1n) is 7.38. The molecule has 5 heteroatoms. The lowest BCUT2D eigenvalue weighted by Gasteiger charge is -2.01. The molecule has 3 nitrogen and oxygen atoms in total. The fourth-order valence-electron chi connectivity index (χ4n) is 2.27. The minimum Gasteiger partial charge on any atom is -0.508 e. The molecule has 3 rings (SSSR count). The standard InChI is InChI=1S/C16H19FN2OS/c1-2-3-14-15(9-18-10-4-5-10)21-16(19-14)12-7-6-11(20)8-13(12)17/h6-8,10,18,20H,2-5,9H2,1H3. The summed E-state index contributed by atoms with van der Waals surface area (Å²) in [7, 11) is 0. The van der Waals surface area contributed by atoms with E-state index in [1.54, 1.807) is 17.4 Å². The summed E-state index contributed by atoms with van der Waals surface area (Å²) in [6, 6.07) is 4.88. The molecule has 112 valence electrons. The number of nitrogens with zero attached hydrogens (tertiary/aromatic N) is 1. The molecule has 0 unspecified atom stereocenters. The third-order valence-electron chi connectivity index (χ3n) is 3.58. The van der Waals surface area contributed by atoms with Gasteiger partial charge < -0.3 is 10.4 Å². The average Bonchev–Trinajstić information content (AvgIpc) is 3.19. The number of rotatable bonds is 6. The molecule has 0 spiro atoms. The number of phenols is 1. The zero-order chi connectivity index (χ0) is 14.8. The fraction of sp³-hybridized carbons (Fsp3) is 0.438. The molecule has 1 heterocycles. The second-order valence-corrected chi connectivity index (χ2v) is 6.54. The van der Waals surface area contributed by atoms with Gasteiger partial charge in [-0.1, -0.05) is 13.3 Å². The monoisotopic (exact) mass is 306 g/mol. The Morgan fingerprint density at radius 2 is 2.24 bits per heavy atom. The Hall–Kier alpha value is -1.46. The Bertz CT molecular complexity index is 637. The summed E-state index contributed by atoms with van der Waals surface area (Å²) in [5, 5.41) is 13.5. The summed E-state index contributed by atoms with van der Waals surface area (Å²) in [6.07, 6.45) is 4.44. The molecule has 0 aliphatic heterocycles. The number of nitrogens with one attached hydrogen (secondary N) is 1. The molecule has 1 aliphatic carbocycles. The minimum absolute atomic E-state index is 0.0581. The summed E-state index contributed by atoms with van der Waals surface area (Å²) in [4.78, 5) is 5.82. The summed E-state index contributed by atoms with van der Waals surface area (Å²) >= 11 is 1.55. The van der Waals surface area contributed by atoms with Gasteiger partial charge in [-0.05, 0) is 31.4 Å². The van der Waals surface area contributed by atoms with E-state index >= 15 is 0 Å². The van der Waals surface area contributed by atoms with Gasteiger partial charge in [-0.15, -0.1) is 11.3 Å². The number of benzene rings is 1. The largest absolute Gasteiger partial charge is 0.508 e. The van der Waals surface area contributed by atoms with Crippen molar-refractivity contribution in [1.82, 2.24) is 10.3 Å². The highest BCUT2D eigenvalue weighted by Gasteiger charge is 2.22. The summed E-state index contributed by atoms with van der Waals surface area (Å²) < 4.78 is 14.0. The van der Waals surface area contributed by atoms with Crippen molar-refractivity contribution in [3.8, 4) is 16.3 Å². The SMILES string of the molecule is CCCc1nc(-c2ccc(O)cc2F)sc1CNC1CC1. The number of aromatic hydroxyl groups is 1. The van der Waals surface area contributed by atoms with Crippen molar-refractivity contribution in [3.05, 3.63) is 34.6 Å². The van der Waals surface area contributed by atoms with Crippen LogP contribution in [0.5, 0.6) is 5.75 Å². The molecule has 2 aromatic rings. The molecule has 21 heavy (non-hydrogen) atoms. The van der Waals surface area contributed by atoms with Gasteiger partial charge >= 0.3 is 0 Å². The molecule has 1 saturated carbocycles. The first kappa shape index (κ1) is 14.5. The molecular formula is C16H19FN2OS. The molecule has 0 atom stereocenters. The van der Waals surface area contributed by atoms with Gasteiger partial charge in [0.2, 0.25) is 0 Å². The zero-order valence-corrected chi connectivity index (χ0v) is 12.8. The van der Waals surface area contributed by atoms with Crippen LogP contribution in [-0.4, -0.2) is 16.1 Å². The maximum absolute atomic E-state index is 14.0. The number of halogens is 1. The van der Waals surface area contributed by atoms with Crippen LogP contribution in [0.2, 0.25) is 0 Å². The van der Waals surface area contributed by atoms with Gasteiger partial charge in [-0.3, -0.25) is 0 Å². The molecule has 0 amide bonds. The summed E-state index contributed by atoms with van der Waals surface area (Å²) in [6.45, 7) is 2.94. The van der Waals surface area contributed by atoms with E-state index in [0.717, 1.165) is 31.1 Å². The number of hydrogen-bond donors (Lipinski definition) is 2. The van der Waals surface area contributed by atoms with Crippen LogP contribution in [0.4, 0.5) is 4.39 Å². The van der Waals surface area contributed by atoms with Gasteiger partial charge in [-0.2, -0.15) is 0 Å². The first-order chi connectivity index (χ1) is 10.2. The van der Waals surface area contributed by atoms with Gasteiger partial charge in [0, 0.05) is 29.1 Å². The van der Waals surface area contributed by atoms with Crippen LogP contribution in [0.3, 0.4) is 0 Å². The average molecular weight is 306 g/mol. The van der Waals surface area contributed by atoms with E-state index in [1.807, 2.05) is 0 Å². The van der Waals surface area contributed by atoms with E-state index in [4.69, 9.17) is 0 Å². The Morgan fingerprint density at radius 3 is 2.90 bits per heavy atom. The number of aryl methyl sites for hydroxylation is 1. The van der Waals surface area contributed by atoms with Gasteiger partial charge in [0.15, 0.2) is 0 Å². The maximum Gasteiger partial charge on any atom is 0.137 e. The smallest absolute Gasteiger partial charge is 0.137 e. The minimum atomic E-state index is -0.423. The molecule has 1 fully saturated rings. The van der Waals surface area contributed by atoms with E-state index in [2.05, 4.69) is 17.2 Å². The van der Waals surface area contributed by atoms with Crippen LogP contribution in [-0.2, 0) is 13.0 Å². The number of thiazole rings is 1. The van der Waals surface area contributed by atoms with Crippen LogP contribution in [0.1, 0.15) is 36.8 Å². The molecule has 0 saturated heterocycles. The van der Waals surface area contributed by atoms with Crippen molar-refractivity contribution < 1.29 is 9.50 Å². The highest BCUT2D eigenvalue weighted by Crippen LogP contribution is 2.32. The van der Waals surface area contributed by atoms with Gasteiger partial charge in [0.1, 0.15) is 16.6 Å². The van der Waals surface area contributed by atoms with Crippen LogP contribution in [0.25, 0.3) is 10.6 Å². The zero-order valence-electron chi connectivity index (χ0n) is 12.0. The topological polar surface area (TPSA) is 45.2 Å². The summed E-state index contributed by atoms with van der Waals surface area (Å²) in [5.74, 6) is -0.481. The number of phenolic OH excluding ortho intramolecular Hbond substituents is 1. The Kier molecular flexibility index (Phi) is 4.22.